The molecule has 4 rings (SSSR count). The van der Waals surface area contributed by atoms with Crippen molar-refractivity contribution in [3.63, 3.8) is 0 Å². The lowest BCUT2D eigenvalue weighted by Gasteiger charge is -2.26. The van der Waals surface area contributed by atoms with Crippen LogP contribution in [0.15, 0.2) is 54.6 Å². The molecule has 164 valence electrons. The van der Waals surface area contributed by atoms with E-state index in [9.17, 15) is 9.59 Å². The first-order valence-electron chi connectivity index (χ1n) is 10.9. The molecule has 0 radical (unpaired) electrons. The monoisotopic (exact) mass is 438 g/mol. The average Bonchev–Trinajstić information content (AvgIpc) is 3.22. The first-order chi connectivity index (χ1) is 15.2. The number of hydrogen-bond donors (Lipinski definition) is 2. The highest BCUT2D eigenvalue weighted by Gasteiger charge is 2.24. The number of nitrogens with zero attached hydrogens (tertiary/aromatic N) is 2. The molecule has 0 aliphatic carbocycles. The van der Waals surface area contributed by atoms with Gasteiger partial charge in [-0.25, -0.2) is 4.79 Å². The lowest BCUT2D eigenvalue weighted by molar-refractivity contribution is -0.130. The van der Waals surface area contributed by atoms with Gasteiger partial charge in [0.05, 0.1) is 6.42 Å². The van der Waals surface area contributed by atoms with Gasteiger partial charge in [0.15, 0.2) is 0 Å². The van der Waals surface area contributed by atoms with Crippen LogP contribution in [0.1, 0.15) is 17.5 Å². The van der Waals surface area contributed by atoms with Crippen LogP contribution in [0.2, 0.25) is 0 Å². The molecule has 1 atom stereocenters. The summed E-state index contributed by atoms with van der Waals surface area (Å²) in [6, 6.07) is 18.0. The quantitative estimate of drug-likeness (QED) is 0.727. The molecule has 31 heavy (non-hydrogen) atoms. The third-order valence-corrected chi connectivity index (χ3v) is 6.73. The number of thioether (sulfide) groups is 1. The van der Waals surface area contributed by atoms with Gasteiger partial charge in [0.2, 0.25) is 5.91 Å². The Balaban J connectivity index is 1.20. The maximum Gasteiger partial charge on any atom is 0.319 e. The van der Waals surface area contributed by atoms with Crippen molar-refractivity contribution in [1.82, 2.24) is 15.1 Å². The van der Waals surface area contributed by atoms with E-state index in [-0.39, 0.29) is 18.0 Å². The van der Waals surface area contributed by atoms with Gasteiger partial charge in [-0.05, 0) is 29.7 Å². The van der Waals surface area contributed by atoms with Crippen molar-refractivity contribution < 1.29 is 9.59 Å². The summed E-state index contributed by atoms with van der Waals surface area (Å²) >= 11 is 1.90. The van der Waals surface area contributed by atoms with E-state index >= 15 is 0 Å². The van der Waals surface area contributed by atoms with Crippen LogP contribution in [0, 0.1) is 0 Å². The van der Waals surface area contributed by atoms with Gasteiger partial charge >= 0.3 is 6.03 Å². The van der Waals surface area contributed by atoms with Crippen molar-refractivity contribution in [2.75, 3.05) is 43.0 Å². The molecule has 3 amide bonds. The average molecular weight is 439 g/mol. The minimum Gasteiger partial charge on any atom is -0.341 e. The molecule has 2 aliphatic rings. The Morgan fingerprint density at radius 1 is 0.935 bits per heavy atom. The van der Waals surface area contributed by atoms with Crippen molar-refractivity contribution in [2.24, 2.45) is 0 Å². The summed E-state index contributed by atoms with van der Waals surface area (Å²) in [7, 11) is 0. The molecule has 0 saturated carbocycles. The fourth-order valence-electron chi connectivity index (χ4n) is 4.09. The number of carbonyl (C=O) groups is 2. The van der Waals surface area contributed by atoms with Crippen LogP contribution >= 0.6 is 11.8 Å². The first-order valence-corrected chi connectivity index (χ1v) is 12.1. The van der Waals surface area contributed by atoms with Crippen LogP contribution in [0.3, 0.4) is 0 Å². The Bertz CT molecular complexity index is 869. The predicted molar refractivity (Wildman–Crippen MR) is 126 cm³/mol. The maximum absolute atomic E-state index is 12.4. The fraction of sp³-hybridized carbons (Fsp3) is 0.417. The van der Waals surface area contributed by atoms with Crippen molar-refractivity contribution in [2.45, 2.75) is 25.4 Å². The van der Waals surface area contributed by atoms with Crippen molar-refractivity contribution in [3.05, 3.63) is 65.7 Å². The summed E-state index contributed by atoms with van der Waals surface area (Å²) in [5, 5.41) is 5.99. The molecule has 2 N–H and O–H groups in total. The molecule has 6 nitrogen and oxygen atoms in total. The zero-order valence-corrected chi connectivity index (χ0v) is 18.6. The zero-order valence-electron chi connectivity index (χ0n) is 17.8. The molecule has 2 aromatic rings. The standard InChI is InChI=1S/C24H30N4O2S/c29-23(28-12-14-31-15-13-28)16-19-6-8-21(9-7-19)25-24(30)26-22-10-11-27(18-22)17-20-4-2-1-3-5-20/h1-9,22H,10-18H2,(H2,25,26,30). The molecular formula is C24H30N4O2S. The Hall–Kier alpha value is -2.51. The van der Waals surface area contributed by atoms with Crippen LogP contribution in [0.4, 0.5) is 10.5 Å². The van der Waals surface area contributed by atoms with E-state index in [1.54, 1.807) is 0 Å². The second-order valence-corrected chi connectivity index (χ2v) is 9.40. The normalized spacial score (nSPS) is 19.2. The van der Waals surface area contributed by atoms with E-state index < -0.39 is 0 Å². The second kappa shape index (κ2) is 10.7. The topological polar surface area (TPSA) is 64.7 Å². The number of benzene rings is 2. The highest BCUT2D eigenvalue weighted by atomic mass is 32.2. The third kappa shape index (κ3) is 6.48. The largest absolute Gasteiger partial charge is 0.341 e. The number of amides is 3. The highest BCUT2D eigenvalue weighted by Crippen LogP contribution is 2.16. The molecular weight excluding hydrogens is 408 g/mol. The van der Waals surface area contributed by atoms with Gasteiger partial charge in [-0.3, -0.25) is 9.69 Å². The van der Waals surface area contributed by atoms with Crippen LogP contribution in [0.5, 0.6) is 0 Å². The van der Waals surface area contributed by atoms with E-state index in [1.165, 1.54) is 5.56 Å². The van der Waals surface area contributed by atoms with Gasteiger partial charge in [-0.1, -0.05) is 42.5 Å². The Morgan fingerprint density at radius 3 is 2.42 bits per heavy atom. The molecule has 2 heterocycles. The Kier molecular flexibility index (Phi) is 7.48. The molecule has 1 unspecified atom stereocenters. The summed E-state index contributed by atoms with van der Waals surface area (Å²) in [4.78, 5) is 29.1. The number of carbonyl (C=O) groups excluding carboxylic acids is 2. The Morgan fingerprint density at radius 2 is 1.68 bits per heavy atom. The summed E-state index contributed by atoms with van der Waals surface area (Å²) in [6.45, 7) is 4.44. The van der Waals surface area contributed by atoms with E-state index in [0.29, 0.717) is 6.42 Å². The number of anilines is 1. The predicted octanol–water partition coefficient (Wildman–Crippen LogP) is 3.20. The summed E-state index contributed by atoms with van der Waals surface area (Å²) in [6.07, 6.45) is 1.37. The number of nitrogens with one attached hydrogen (secondary N) is 2. The minimum absolute atomic E-state index is 0.156. The van der Waals surface area contributed by atoms with Gasteiger partial charge in [0.25, 0.3) is 0 Å². The van der Waals surface area contributed by atoms with Crippen LogP contribution < -0.4 is 10.6 Å². The number of urea groups is 1. The van der Waals surface area contributed by atoms with Crippen LogP contribution in [-0.4, -0.2) is 65.5 Å². The first kappa shape index (κ1) is 21.7. The van der Waals surface area contributed by atoms with Gasteiger partial charge < -0.3 is 15.5 Å². The van der Waals surface area contributed by atoms with Crippen molar-refractivity contribution in [1.29, 1.82) is 0 Å². The molecule has 0 spiro atoms. The lowest BCUT2D eigenvalue weighted by Crippen LogP contribution is -2.39. The summed E-state index contributed by atoms with van der Waals surface area (Å²) in [5.74, 6) is 2.23. The Labute approximate surface area is 188 Å². The van der Waals surface area contributed by atoms with Crippen molar-refractivity contribution >= 4 is 29.4 Å². The van der Waals surface area contributed by atoms with Gasteiger partial charge in [-0.15, -0.1) is 0 Å². The fourth-order valence-corrected chi connectivity index (χ4v) is 5.00. The van der Waals surface area contributed by atoms with Gasteiger partial charge in [0, 0.05) is 56.0 Å². The van der Waals surface area contributed by atoms with Gasteiger partial charge in [-0.2, -0.15) is 11.8 Å². The van der Waals surface area contributed by atoms with Crippen LogP contribution in [0.25, 0.3) is 0 Å². The van der Waals surface area contributed by atoms with Gasteiger partial charge in [0.1, 0.15) is 0 Å². The number of hydrogen-bond acceptors (Lipinski definition) is 4. The second-order valence-electron chi connectivity index (χ2n) is 8.17. The molecule has 0 aromatic heterocycles. The summed E-state index contributed by atoms with van der Waals surface area (Å²) < 4.78 is 0. The SMILES string of the molecule is O=C(Nc1ccc(CC(=O)N2CCSCC2)cc1)NC1CCN(Cc2ccccc2)C1. The minimum atomic E-state index is -0.179. The lowest BCUT2D eigenvalue weighted by atomic mass is 10.1. The number of rotatable bonds is 6. The molecule has 2 aromatic carbocycles. The molecule has 0 bridgehead atoms. The molecule has 2 aliphatic heterocycles. The maximum atomic E-state index is 12.4. The molecule has 2 saturated heterocycles. The van der Waals surface area contributed by atoms with E-state index in [0.717, 1.165) is 61.9 Å². The van der Waals surface area contributed by atoms with E-state index in [1.807, 2.05) is 47.0 Å². The van der Waals surface area contributed by atoms with E-state index in [2.05, 4.69) is 39.8 Å². The van der Waals surface area contributed by atoms with Crippen LogP contribution in [-0.2, 0) is 17.8 Å². The zero-order chi connectivity index (χ0) is 21.5. The number of likely N-dealkylation sites (tertiary alicyclic amines) is 1. The van der Waals surface area contributed by atoms with Crippen molar-refractivity contribution in [3.8, 4) is 0 Å². The third-order valence-electron chi connectivity index (χ3n) is 5.79. The van der Waals surface area contributed by atoms with E-state index in [4.69, 9.17) is 0 Å². The molecule has 7 heteroatoms. The highest BCUT2D eigenvalue weighted by molar-refractivity contribution is 7.99. The molecule has 2 fully saturated rings. The summed E-state index contributed by atoms with van der Waals surface area (Å²) in [5.41, 5.74) is 3.01. The smallest absolute Gasteiger partial charge is 0.319 e.